The number of likely N-dealkylation sites (tertiary alicyclic amines) is 1. The number of hydrogen-bond donors (Lipinski definition) is 1. The summed E-state index contributed by atoms with van der Waals surface area (Å²) in [6, 6.07) is 2.06. The van der Waals surface area contributed by atoms with Crippen LogP contribution in [0.3, 0.4) is 0 Å². The van der Waals surface area contributed by atoms with Gasteiger partial charge in [-0.2, -0.15) is 5.26 Å². The van der Waals surface area contributed by atoms with Crippen LogP contribution >= 0.6 is 12.4 Å². The molecule has 1 N–H and O–H groups in total. The van der Waals surface area contributed by atoms with E-state index in [1.54, 1.807) is 4.90 Å². The van der Waals surface area contributed by atoms with Crippen molar-refractivity contribution in [3.05, 3.63) is 0 Å². The van der Waals surface area contributed by atoms with Gasteiger partial charge in [-0.25, -0.2) is 0 Å². The van der Waals surface area contributed by atoms with Crippen molar-refractivity contribution >= 4 is 18.3 Å². The lowest BCUT2D eigenvalue weighted by Gasteiger charge is -2.27. The van der Waals surface area contributed by atoms with Gasteiger partial charge in [-0.3, -0.25) is 4.79 Å². The number of amides is 1. The van der Waals surface area contributed by atoms with E-state index in [9.17, 15) is 4.79 Å². The first-order valence-electron chi connectivity index (χ1n) is 8.23. The standard InChI is InChI=1S/C16H25N3O.ClH/c17-10-14-7-4-8-19(14)16(20)15-9-13(11-18-15)12-5-2-1-3-6-12;/h12-15,18H,1-9,11H2;1H/t13-,14-,15-;/m0./s1. The molecule has 4 nitrogen and oxygen atoms in total. The minimum absolute atomic E-state index is 0. The van der Waals surface area contributed by atoms with E-state index < -0.39 is 0 Å². The molecule has 0 spiro atoms. The first-order chi connectivity index (χ1) is 9.79. The summed E-state index contributed by atoms with van der Waals surface area (Å²) in [5.74, 6) is 1.67. The molecule has 0 unspecified atom stereocenters. The Morgan fingerprint density at radius 1 is 1.10 bits per heavy atom. The van der Waals surface area contributed by atoms with E-state index in [1.165, 1.54) is 32.1 Å². The summed E-state index contributed by atoms with van der Waals surface area (Å²) < 4.78 is 0. The van der Waals surface area contributed by atoms with Crippen LogP contribution in [0, 0.1) is 23.2 Å². The molecule has 3 aliphatic rings. The molecule has 1 aliphatic carbocycles. The maximum absolute atomic E-state index is 12.6. The number of nitrogens with one attached hydrogen (secondary N) is 1. The summed E-state index contributed by atoms with van der Waals surface area (Å²) >= 11 is 0. The van der Waals surface area contributed by atoms with Crippen LogP contribution in [0.15, 0.2) is 0 Å². The Hall–Kier alpha value is -0.790. The SMILES string of the molecule is Cl.N#C[C@@H]1CCCN1C(=O)[C@@H]1C[C@H](C2CCCCC2)CN1. The minimum atomic E-state index is -0.182. The van der Waals surface area contributed by atoms with E-state index in [2.05, 4.69) is 11.4 Å². The largest absolute Gasteiger partial charge is 0.325 e. The molecule has 2 saturated heterocycles. The van der Waals surface area contributed by atoms with E-state index in [0.717, 1.165) is 38.3 Å². The molecule has 3 atom stereocenters. The maximum atomic E-state index is 12.6. The lowest BCUT2D eigenvalue weighted by molar-refractivity contribution is -0.133. The highest BCUT2D eigenvalue weighted by molar-refractivity contribution is 5.85. The Balaban J connectivity index is 0.00000161. The molecule has 3 fully saturated rings. The van der Waals surface area contributed by atoms with Gasteiger partial charge in [0.15, 0.2) is 0 Å². The summed E-state index contributed by atoms with van der Waals surface area (Å²) in [5.41, 5.74) is 0. The highest BCUT2D eigenvalue weighted by atomic mass is 35.5. The van der Waals surface area contributed by atoms with Crippen LogP contribution in [0.1, 0.15) is 51.4 Å². The Morgan fingerprint density at radius 3 is 2.57 bits per heavy atom. The van der Waals surface area contributed by atoms with Crippen molar-refractivity contribution in [1.82, 2.24) is 10.2 Å². The molecular formula is C16H26ClN3O. The third-order valence-corrected chi connectivity index (χ3v) is 5.46. The van der Waals surface area contributed by atoms with Gasteiger partial charge in [-0.05, 0) is 37.6 Å². The minimum Gasteiger partial charge on any atom is -0.325 e. The molecule has 2 aliphatic heterocycles. The molecule has 5 heteroatoms. The molecule has 0 aromatic carbocycles. The smallest absolute Gasteiger partial charge is 0.240 e. The van der Waals surface area contributed by atoms with Crippen LogP contribution in [0.25, 0.3) is 0 Å². The highest BCUT2D eigenvalue weighted by Gasteiger charge is 2.39. The summed E-state index contributed by atoms with van der Waals surface area (Å²) in [6.07, 6.45) is 9.61. The second-order valence-electron chi connectivity index (χ2n) is 6.67. The molecule has 0 aromatic heterocycles. The van der Waals surface area contributed by atoms with Crippen LogP contribution in [0.5, 0.6) is 0 Å². The summed E-state index contributed by atoms with van der Waals surface area (Å²) in [4.78, 5) is 14.4. The number of halogens is 1. The van der Waals surface area contributed by atoms with Gasteiger partial charge in [-0.15, -0.1) is 12.4 Å². The predicted molar refractivity (Wildman–Crippen MR) is 84.1 cm³/mol. The zero-order chi connectivity index (χ0) is 13.9. The Bertz CT molecular complexity index is 403. The first-order valence-corrected chi connectivity index (χ1v) is 8.23. The number of carbonyl (C=O) groups is 1. The number of nitrogens with zero attached hydrogens (tertiary/aromatic N) is 2. The third-order valence-electron chi connectivity index (χ3n) is 5.46. The third kappa shape index (κ3) is 3.52. The summed E-state index contributed by atoms with van der Waals surface area (Å²) in [5, 5.41) is 12.5. The molecular weight excluding hydrogens is 286 g/mol. The van der Waals surface area contributed by atoms with Crippen LogP contribution < -0.4 is 5.32 Å². The quantitative estimate of drug-likeness (QED) is 0.852. The lowest BCUT2D eigenvalue weighted by atomic mass is 9.79. The second kappa shape index (κ2) is 7.47. The van der Waals surface area contributed by atoms with Crippen LogP contribution in [-0.4, -0.2) is 36.0 Å². The van der Waals surface area contributed by atoms with Crippen molar-refractivity contribution in [1.29, 1.82) is 5.26 Å². The first kappa shape index (κ1) is 16.6. The fourth-order valence-corrected chi connectivity index (χ4v) is 4.28. The molecule has 2 heterocycles. The fourth-order valence-electron chi connectivity index (χ4n) is 4.28. The van der Waals surface area contributed by atoms with Crippen molar-refractivity contribution in [3.63, 3.8) is 0 Å². The normalized spacial score (nSPS) is 33.5. The van der Waals surface area contributed by atoms with Crippen LogP contribution in [0.4, 0.5) is 0 Å². The molecule has 1 amide bonds. The van der Waals surface area contributed by atoms with E-state index in [-0.39, 0.29) is 30.4 Å². The number of nitriles is 1. The molecule has 3 rings (SSSR count). The van der Waals surface area contributed by atoms with Gasteiger partial charge in [0, 0.05) is 6.54 Å². The maximum Gasteiger partial charge on any atom is 0.240 e. The Morgan fingerprint density at radius 2 is 1.86 bits per heavy atom. The van der Waals surface area contributed by atoms with Gasteiger partial charge in [0.25, 0.3) is 0 Å². The van der Waals surface area contributed by atoms with Crippen molar-refractivity contribution in [3.8, 4) is 6.07 Å². The second-order valence-corrected chi connectivity index (χ2v) is 6.67. The van der Waals surface area contributed by atoms with E-state index >= 15 is 0 Å². The number of carbonyl (C=O) groups excluding carboxylic acids is 1. The Kier molecular flexibility index (Phi) is 5.89. The summed E-state index contributed by atoms with van der Waals surface area (Å²) in [7, 11) is 0. The molecule has 0 aromatic rings. The molecule has 0 radical (unpaired) electrons. The van der Waals surface area contributed by atoms with Crippen LogP contribution in [-0.2, 0) is 4.79 Å². The van der Waals surface area contributed by atoms with Crippen molar-refractivity contribution in [2.24, 2.45) is 11.8 Å². The van der Waals surface area contributed by atoms with Gasteiger partial charge in [-0.1, -0.05) is 32.1 Å². The molecule has 1 saturated carbocycles. The van der Waals surface area contributed by atoms with Gasteiger partial charge in [0.1, 0.15) is 6.04 Å². The van der Waals surface area contributed by atoms with E-state index in [4.69, 9.17) is 5.26 Å². The molecule has 21 heavy (non-hydrogen) atoms. The van der Waals surface area contributed by atoms with Crippen LogP contribution in [0.2, 0.25) is 0 Å². The zero-order valence-corrected chi connectivity index (χ0v) is 13.4. The van der Waals surface area contributed by atoms with Gasteiger partial charge < -0.3 is 10.2 Å². The van der Waals surface area contributed by atoms with Crippen molar-refractivity contribution in [2.45, 2.75) is 63.5 Å². The Labute approximate surface area is 133 Å². The van der Waals surface area contributed by atoms with Gasteiger partial charge in [0.2, 0.25) is 5.91 Å². The monoisotopic (exact) mass is 311 g/mol. The van der Waals surface area contributed by atoms with Gasteiger partial charge in [0.05, 0.1) is 12.1 Å². The highest BCUT2D eigenvalue weighted by Crippen LogP contribution is 2.35. The number of rotatable bonds is 2. The average molecular weight is 312 g/mol. The van der Waals surface area contributed by atoms with E-state index in [1.807, 2.05) is 0 Å². The molecule has 0 bridgehead atoms. The zero-order valence-electron chi connectivity index (χ0n) is 12.6. The predicted octanol–water partition coefficient (Wildman–Crippen LogP) is 2.48. The van der Waals surface area contributed by atoms with E-state index in [0.29, 0.717) is 5.92 Å². The molecule has 118 valence electrons. The average Bonchev–Trinajstić information content (AvgIpc) is 3.16. The van der Waals surface area contributed by atoms with Gasteiger partial charge >= 0.3 is 0 Å². The van der Waals surface area contributed by atoms with Crippen molar-refractivity contribution in [2.75, 3.05) is 13.1 Å². The van der Waals surface area contributed by atoms with Crippen molar-refractivity contribution < 1.29 is 4.79 Å². The fraction of sp³-hybridized carbons (Fsp3) is 0.875. The topological polar surface area (TPSA) is 56.1 Å². The number of hydrogen-bond acceptors (Lipinski definition) is 3. The summed E-state index contributed by atoms with van der Waals surface area (Å²) in [6.45, 7) is 1.76. The lowest BCUT2D eigenvalue weighted by Crippen LogP contribution is -2.45.